The van der Waals surface area contributed by atoms with Crippen molar-refractivity contribution in [2.45, 2.75) is 63.9 Å². The predicted octanol–water partition coefficient (Wildman–Crippen LogP) is 3.62. The van der Waals surface area contributed by atoms with Crippen LogP contribution in [0.15, 0.2) is 18.2 Å². The van der Waals surface area contributed by atoms with E-state index in [1.165, 1.54) is 7.11 Å². The molecule has 1 aromatic carbocycles. The zero-order valence-corrected chi connectivity index (χ0v) is 16.1. The summed E-state index contributed by atoms with van der Waals surface area (Å²) in [5, 5.41) is 0. The Kier molecular flexibility index (Phi) is 5.62. The molecule has 0 amide bonds. The first-order valence-electron chi connectivity index (χ1n) is 8.40. The van der Waals surface area contributed by atoms with Crippen LogP contribution in [0, 0.1) is 6.92 Å². The fourth-order valence-electron chi connectivity index (χ4n) is 2.47. The molecule has 1 aliphatic rings. The van der Waals surface area contributed by atoms with Crippen molar-refractivity contribution in [3.63, 3.8) is 0 Å². The fourth-order valence-corrected chi connectivity index (χ4v) is 4.11. The summed E-state index contributed by atoms with van der Waals surface area (Å²) in [4.78, 5) is 0. The Bertz CT molecular complexity index is 678. The second-order valence-electron chi connectivity index (χ2n) is 7.21. The van der Waals surface area contributed by atoms with Crippen LogP contribution in [-0.2, 0) is 26.1 Å². The molecule has 5 nitrogen and oxygen atoms in total. The average Bonchev–Trinajstić information content (AvgIpc) is 3.30. The van der Waals surface area contributed by atoms with Crippen molar-refractivity contribution >= 4 is 15.7 Å². The monoisotopic (exact) mass is 355 g/mol. The predicted molar refractivity (Wildman–Crippen MR) is 96.7 cm³/mol. The van der Waals surface area contributed by atoms with Crippen LogP contribution in [0.4, 0.5) is 5.69 Å². The lowest BCUT2D eigenvalue weighted by Crippen LogP contribution is -2.34. The van der Waals surface area contributed by atoms with Gasteiger partial charge in [-0.3, -0.25) is 4.72 Å². The molecule has 0 unspecified atom stereocenters. The van der Waals surface area contributed by atoms with Crippen molar-refractivity contribution in [2.75, 3.05) is 18.4 Å². The summed E-state index contributed by atoms with van der Waals surface area (Å²) in [5.74, 6) is 0. The number of benzene rings is 1. The van der Waals surface area contributed by atoms with Gasteiger partial charge in [0, 0.05) is 7.11 Å². The molecule has 0 radical (unpaired) electrons. The standard InChI is InChI=1S/C18H29NO4S/c1-6-17(3,4)23-12-15-8-7-9-16(14(15)2)19-24(20,21)18(10-11-18)13-22-5/h7-9,19H,6,10-13H2,1-5H3. The van der Waals surface area contributed by atoms with Gasteiger partial charge in [0.25, 0.3) is 0 Å². The Morgan fingerprint density at radius 1 is 1.29 bits per heavy atom. The smallest absolute Gasteiger partial charge is 0.240 e. The van der Waals surface area contributed by atoms with Gasteiger partial charge in [0.1, 0.15) is 4.75 Å². The maximum atomic E-state index is 12.7. The van der Waals surface area contributed by atoms with E-state index in [0.29, 0.717) is 25.1 Å². The van der Waals surface area contributed by atoms with Gasteiger partial charge in [-0.05, 0) is 57.2 Å². The number of ether oxygens (including phenoxy) is 2. The molecule has 6 heteroatoms. The minimum Gasteiger partial charge on any atom is -0.383 e. The molecule has 2 rings (SSSR count). The molecule has 1 aliphatic carbocycles. The average molecular weight is 356 g/mol. The van der Waals surface area contributed by atoms with E-state index in [1.807, 2.05) is 19.1 Å². The second-order valence-corrected chi connectivity index (χ2v) is 9.29. The zero-order chi connectivity index (χ0) is 18.0. The summed E-state index contributed by atoms with van der Waals surface area (Å²) >= 11 is 0. The third-order valence-corrected chi connectivity index (χ3v) is 7.10. The van der Waals surface area contributed by atoms with E-state index in [9.17, 15) is 8.42 Å². The van der Waals surface area contributed by atoms with Gasteiger partial charge >= 0.3 is 0 Å². The van der Waals surface area contributed by atoms with Gasteiger partial charge in [-0.15, -0.1) is 0 Å². The number of rotatable bonds is 9. The van der Waals surface area contributed by atoms with Gasteiger partial charge in [-0.25, -0.2) is 8.42 Å². The quantitative estimate of drug-likeness (QED) is 0.735. The first-order valence-corrected chi connectivity index (χ1v) is 9.88. The van der Waals surface area contributed by atoms with Gasteiger partial charge in [-0.2, -0.15) is 0 Å². The van der Waals surface area contributed by atoms with Crippen LogP contribution in [0.25, 0.3) is 0 Å². The molecule has 1 N–H and O–H groups in total. The molecule has 0 heterocycles. The Hall–Kier alpha value is -1.11. The van der Waals surface area contributed by atoms with Crippen LogP contribution in [0.2, 0.25) is 0 Å². The van der Waals surface area contributed by atoms with Crippen LogP contribution >= 0.6 is 0 Å². The van der Waals surface area contributed by atoms with Gasteiger partial charge < -0.3 is 9.47 Å². The topological polar surface area (TPSA) is 64.6 Å². The lowest BCUT2D eigenvalue weighted by molar-refractivity contribution is -0.0317. The molecule has 0 bridgehead atoms. The highest BCUT2D eigenvalue weighted by molar-refractivity contribution is 7.94. The van der Waals surface area contributed by atoms with Crippen molar-refractivity contribution < 1.29 is 17.9 Å². The summed E-state index contributed by atoms with van der Waals surface area (Å²) in [6, 6.07) is 5.63. The van der Waals surface area contributed by atoms with E-state index < -0.39 is 14.8 Å². The van der Waals surface area contributed by atoms with E-state index in [1.54, 1.807) is 6.07 Å². The number of sulfonamides is 1. The first-order chi connectivity index (χ1) is 11.2. The molecule has 0 aliphatic heterocycles. The Morgan fingerprint density at radius 2 is 1.96 bits per heavy atom. The Labute approximate surface area is 145 Å². The van der Waals surface area contributed by atoms with Crippen molar-refractivity contribution in [3.05, 3.63) is 29.3 Å². The van der Waals surface area contributed by atoms with E-state index in [0.717, 1.165) is 17.5 Å². The minimum atomic E-state index is -3.47. The molecule has 24 heavy (non-hydrogen) atoms. The van der Waals surface area contributed by atoms with Gasteiger partial charge in [-0.1, -0.05) is 19.1 Å². The molecular formula is C18H29NO4S. The number of nitrogens with one attached hydrogen (secondary N) is 1. The Morgan fingerprint density at radius 3 is 2.50 bits per heavy atom. The molecule has 0 atom stereocenters. The maximum Gasteiger partial charge on any atom is 0.240 e. The maximum absolute atomic E-state index is 12.7. The molecule has 0 spiro atoms. The van der Waals surface area contributed by atoms with E-state index in [-0.39, 0.29) is 12.2 Å². The van der Waals surface area contributed by atoms with Crippen LogP contribution in [0.3, 0.4) is 0 Å². The molecule has 1 saturated carbocycles. The van der Waals surface area contributed by atoms with Crippen LogP contribution in [0.5, 0.6) is 0 Å². The number of hydrogen-bond acceptors (Lipinski definition) is 4. The van der Waals surface area contributed by atoms with Crippen LogP contribution < -0.4 is 4.72 Å². The summed E-state index contributed by atoms with van der Waals surface area (Å²) in [6.45, 7) is 8.81. The third kappa shape index (κ3) is 4.10. The lowest BCUT2D eigenvalue weighted by Gasteiger charge is -2.24. The summed E-state index contributed by atoms with van der Waals surface area (Å²) in [6.07, 6.45) is 2.20. The molecule has 0 aromatic heterocycles. The van der Waals surface area contributed by atoms with Crippen molar-refractivity contribution in [1.82, 2.24) is 0 Å². The molecule has 0 saturated heterocycles. The largest absolute Gasteiger partial charge is 0.383 e. The first kappa shape index (κ1) is 19.2. The van der Waals surface area contributed by atoms with Crippen molar-refractivity contribution in [3.8, 4) is 0 Å². The van der Waals surface area contributed by atoms with Crippen LogP contribution in [0.1, 0.15) is 51.2 Å². The SMILES string of the molecule is CCC(C)(C)OCc1cccc(NS(=O)(=O)C2(COC)CC2)c1C. The van der Waals surface area contributed by atoms with Crippen molar-refractivity contribution in [1.29, 1.82) is 0 Å². The van der Waals surface area contributed by atoms with E-state index >= 15 is 0 Å². The van der Waals surface area contributed by atoms with Crippen molar-refractivity contribution in [2.24, 2.45) is 0 Å². The van der Waals surface area contributed by atoms with Gasteiger partial charge in [0.05, 0.1) is 24.5 Å². The lowest BCUT2D eigenvalue weighted by atomic mass is 10.1. The molecular weight excluding hydrogens is 326 g/mol. The second kappa shape index (κ2) is 7.02. The highest BCUT2D eigenvalue weighted by Crippen LogP contribution is 2.44. The summed E-state index contributed by atoms with van der Waals surface area (Å²) in [5.41, 5.74) is 2.32. The summed E-state index contributed by atoms with van der Waals surface area (Å²) < 4.78 is 38.4. The highest BCUT2D eigenvalue weighted by atomic mass is 32.2. The Balaban J connectivity index is 2.16. The van der Waals surface area contributed by atoms with Gasteiger partial charge in [0.2, 0.25) is 10.0 Å². The minimum absolute atomic E-state index is 0.196. The zero-order valence-electron chi connectivity index (χ0n) is 15.3. The van der Waals surface area contributed by atoms with E-state index in [2.05, 4.69) is 25.5 Å². The number of hydrogen-bond donors (Lipinski definition) is 1. The van der Waals surface area contributed by atoms with E-state index in [4.69, 9.17) is 9.47 Å². The fraction of sp³-hybridized carbons (Fsp3) is 0.667. The van der Waals surface area contributed by atoms with Crippen LogP contribution in [-0.4, -0.2) is 32.5 Å². The third-order valence-electron chi connectivity index (χ3n) is 4.95. The number of methoxy groups -OCH3 is 1. The van der Waals surface area contributed by atoms with Gasteiger partial charge in [0.15, 0.2) is 0 Å². The number of anilines is 1. The molecule has 1 aromatic rings. The normalized spacial score (nSPS) is 16.9. The highest BCUT2D eigenvalue weighted by Gasteiger charge is 2.55. The molecule has 1 fully saturated rings. The summed E-state index contributed by atoms with van der Waals surface area (Å²) in [7, 11) is -1.93. The molecule has 136 valence electrons.